The third-order valence-electron chi connectivity index (χ3n) is 3.22. The Balaban J connectivity index is 2.22. The minimum atomic E-state index is -3.83. The SMILES string of the molecule is CCC1(OS(=O)(=O)c2ccc(Cl)cc2)CCCCO1. The third-order valence-corrected chi connectivity index (χ3v) is 4.84. The van der Waals surface area contributed by atoms with Gasteiger partial charge < -0.3 is 4.74 Å². The van der Waals surface area contributed by atoms with Gasteiger partial charge in [0.2, 0.25) is 0 Å². The smallest absolute Gasteiger partial charge is 0.299 e. The van der Waals surface area contributed by atoms with Crippen molar-refractivity contribution in [3.05, 3.63) is 29.3 Å². The fourth-order valence-electron chi connectivity index (χ4n) is 2.08. The minimum absolute atomic E-state index is 0.0962. The molecule has 1 atom stereocenters. The van der Waals surface area contributed by atoms with Crippen LogP contribution in [0.4, 0.5) is 0 Å². The van der Waals surface area contributed by atoms with Crippen LogP contribution in [0.5, 0.6) is 0 Å². The van der Waals surface area contributed by atoms with Crippen molar-refractivity contribution in [3.63, 3.8) is 0 Å². The predicted octanol–water partition coefficient (Wildman–Crippen LogP) is 3.35. The summed E-state index contributed by atoms with van der Waals surface area (Å²) in [6, 6.07) is 5.92. The van der Waals surface area contributed by atoms with Gasteiger partial charge in [0.05, 0.1) is 11.5 Å². The molecule has 1 heterocycles. The molecule has 0 aliphatic carbocycles. The molecule has 19 heavy (non-hydrogen) atoms. The fourth-order valence-corrected chi connectivity index (χ4v) is 3.42. The van der Waals surface area contributed by atoms with Gasteiger partial charge in [-0.3, -0.25) is 0 Å². The highest BCUT2D eigenvalue weighted by molar-refractivity contribution is 7.86. The molecule has 0 N–H and O–H groups in total. The second-order valence-corrected chi connectivity index (χ2v) is 6.54. The van der Waals surface area contributed by atoms with Crippen molar-refractivity contribution in [2.24, 2.45) is 0 Å². The van der Waals surface area contributed by atoms with Gasteiger partial charge >= 0.3 is 0 Å². The maximum Gasteiger partial charge on any atom is 0.299 e. The van der Waals surface area contributed by atoms with Gasteiger partial charge in [-0.2, -0.15) is 8.42 Å². The first-order valence-corrected chi connectivity index (χ1v) is 8.11. The second kappa shape index (κ2) is 5.79. The van der Waals surface area contributed by atoms with Crippen LogP contribution in [0.15, 0.2) is 29.2 Å². The van der Waals surface area contributed by atoms with Crippen LogP contribution >= 0.6 is 11.6 Å². The maximum atomic E-state index is 12.2. The molecule has 4 nitrogen and oxygen atoms in total. The van der Waals surface area contributed by atoms with Crippen molar-refractivity contribution in [2.45, 2.75) is 43.3 Å². The van der Waals surface area contributed by atoms with Crippen LogP contribution in [0, 0.1) is 0 Å². The summed E-state index contributed by atoms with van der Waals surface area (Å²) in [5, 5.41) is 0.484. The summed E-state index contributed by atoms with van der Waals surface area (Å²) in [7, 11) is -3.83. The number of ether oxygens (including phenoxy) is 1. The molecule has 1 unspecified atom stereocenters. The van der Waals surface area contributed by atoms with E-state index in [0.717, 1.165) is 12.8 Å². The Bertz CT molecular complexity index is 518. The van der Waals surface area contributed by atoms with Crippen LogP contribution in [0.1, 0.15) is 32.6 Å². The topological polar surface area (TPSA) is 52.6 Å². The van der Waals surface area contributed by atoms with Crippen molar-refractivity contribution >= 4 is 21.7 Å². The van der Waals surface area contributed by atoms with Gasteiger partial charge in [-0.05, 0) is 43.5 Å². The van der Waals surface area contributed by atoms with Crippen LogP contribution < -0.4 is 0 Å². The summed E-state index contributed by atoms with van der Waals surface area (Å²) < 4.78 is 35.4. The molecule has 0 saturated carbocycles. The molecule has 0 aromatic heterocycles. The molecular weight excluding hydrogens is 288 g/mol. The highest BCUT2D eigenvalue weighted by atomic mass is 35.5. The molecule has 0 spiro atoms. The fraction of sp³-hybridized carbons (Fsp3) is 0.538. The number of hydrogen-bond acceptors (Lipinski definition) is 4. The molecule has 0 amide bonds. The zero-order valence-electron chi connectivity index (χ0n) is 10.8. The Morgan fingerprint density at radius 1 is 1.32 bits per heavy atom. The lowest BCUT2D eigenvalue weighted by molar-refractivity contribution is -0.204. The van der Waals surface area contributed by atoms with E-state index in [-0.39, 0.29) is 4.90 Å². The zero-order chi connectivity index (χ0) is 13.9. The van der Waals surface area contributed by atoms with Crippen molar-refractivity contribution in [1.29, 1.82) is 0 Å². The van der Waals surface area contributed by atoms with Crippen LogP contribution in [0.25, 0.3) is 0 Å². The van der Waals surface area contributed by atoms with Gasteiger partial charge in [0.15, 0.2) is 5.79 Å². The highest BCUT2D eigenvalue weighted by Crippen LogP contribution is 2.33. The molecule has 0 bridgehead atoms. The van der Waals surface area contributed by atoms with E-state index >= 15 is 0 Å². The predicted molar refractivity (Wildman–Crippen MR) is 72.5 cm³/mol. The van der Waals surface area contributed by atoms with Crippen LogP contribution in [0.2, 0.25) is 5.02 Å². The summed E-state index contributed by atoms with van der Waals surface area (Å²) in [5.41, 5.74) is 0. The first kappa shape index (κ1) is 14.8. The molecule has 6 heteroatoms. The molecule has 1 aliphatic rings. The number of halogens is 1. The number of benzene rings is 1. The van der Waals surface area contributed by atoms with Crippen molar-refractivity contribution < 1.29 is 17.3 Å². The quantitative estimate of drug-likeness (QED) is 0.800. The van der Waals surface area contributed by atoms with Crippen LogP contribution in [-0.2, 0) is 19.0 Å². The first-order valence-electron chi connectivity index (χ1n) is 6.33. The standard InChI is InChI=1S/C13H17ClO4S/c1-2-13(9-3-4-10-17-13)18-19(15,16)12-7-5-11(14)6-8-12/h5-8H,2-4,9-10H2,1H3. The average Bonchev–Trinajstić information content (AvgIpc) is 2.40. The summed E-state index contributed by atoms with van der Waals surface area (Å²) in [6.07, 6.45) is 2.94. The molecule has 1 aromatic carbocycles. The Hall–Kier alpha value is -0.620. The summed E-state index contributed by atoms with van der Waals surface area (Å²) >= 11 is 5.75. The molecule has 0 radical (unpaired) electrons. The van der Waals surface area contributed by atoms with Gasteiger partial charge in [-0.15, -0.1) is 0 Å². The lowest BCUT2D eigenvalue weighted by atomic mass is 10.0. The maximum absolute atomic E-state index is 12.2. The van der Waals surface area contributed by atoms with E-state index in [2.05, 4.69) is 0 Å². The zero-order valence-corrected chi connectivity index (χ0v) is 12.3. The molecule has 2 rings (SSSR count). The Morgan fingerprint density at radius 3 is 2.53 bits per heavy atom. The van der Waals surface area contributed by atoms with E-state index in [0.29, 0.717) is 24.5 Å². The van der Waals surface area contributed by atoms with Gasteiger partial charge in [-0.25, -0.2) is 4.18 Å². The van der Waals surface area contributed by atoms with E-state index in [4.69, 9.17) is 20.5 Å². The monoisotopic (exact) mass is 304 g/mol. The van der Waals surface area contributed by atoms with E-state index in [9.17, 15) is 8.42 Å². The van der Waals surface area contributed by atoms with Crippen molar-refractivity contribution in [1.82, 2.24) is 0 Å². The largest absolute Gasteiger partial charge is 0.349 e. The lowest BCUT2D eigenvalue weighted by Gasteiger charge is -2.35. The van der Waals surface area contributed by atoms with Crippen LogP contribution in [-0.4, -0.2) is 20.8 Å². The second-order valence-electron chi connectivity index (χ2n) is 4.56. The van der Waals surface area contributed by atoms with E-state index in [1.807, 2.05) is 6.92 Å². The van der Waals surface area contributed by atoms with Crippen molar-refractivity contribution in [3.8, 4) is 0 Å². The van der Waals surface area contributed by atoms with Crippen LogP contribution in [0.3, 0.4) is 0 Å². The van der Waals surface area contributed by atoms with Gasteiger partial charge in [0.25, 0.3) is 10.1 Å². The average molecular weight is 305 g/mol. The van der Waals surface area contributed by atoms with Gasteiger partial charge in [0.1, 0.15) is 0 Å². The van der Waals surface area contributed by atoms with Gasteiger partial charge in [0, 0.05) is 11.4 Å². The number of rotatable bonds is 4. The molecule has 1 aliphatic heterocycles. The Morgan fingerprint density at radius 2 is 2.00 bits per heavy atom. The van der Waals surface area contributed by atoms with E-state index in [1.165, 1.54) is 24.3 Å². The molecular formula is C13H17ClO4S. The van der Waals surface area contributed by atoms with E-state index < -0.39 is 15.9 Å². The van der Waals surface area contributed by atoms with Gasteiger partial charge in [-0.1, -0.05) is 18.5 Å². The Kier molecular flexibility index (Phi) is 4.50. The lowest BCUT2D eigenvalue weighted by Crippen LogP contribution is -2.40. The minimum Gasteiger partial charge on any atom is -0.349 e. The normalized spacial score (nSPS) is 24.3. The number of hydrogen-bond donors (Lipinski definition) is 0. The first-order chi connectivity index (χ1) is 8.97. The summed E-state index contributed by atoms with van der Waals surface area (Å²) in [4.78, 5) is 0.0962. The highest BCUT2D eigenvalue weighted by Gasteiger charge is 2.38. The molecule has 1 saturated heterocycles. The Labute approximate surface area is 118 Å². The summed E-state index contributed by atoms with van der Waals surface area (Å²) in [5.74, 6) is -1.02. The van der Waals surface area contributed by atoms with Crippen molar-refractivity contribution in [2.75, 3.05) is 6.61 Å². The molecule has 1 aromatic rings. The van der Waals surface area contributed by atoms with E-state index in [1.54, 1.807) is 0 Å². The molecule has 106 valence electrons. The third kappa shape index (κ3) is 3.48. The summed E-state index contributed by atoms with van der Waals surface area (Å²) in [6.45, 7) is 2.40. The molecule has 1 fully saturated rings.